The Morgan fingerprint density at radius 2 is 2.05 bits per heavy atom. The minimum absolute atomic E-state index is 0.738. The maximum absolute atomic E-state index is 5.92. The fourth-order valence-corrected chi connectivity index (χ4v) is 3.29. The van der Waals surface area contributed by atoms with Gasteiger partial charge in [-0.05, 0) is 37.5 Å². The minimum atomic E-state index is 0.738. The van der Waals surface area contributed by atoms with Gasteiger partial charge in [0.05, 0.1) is 5.69 Å². The van der Waals surface area contributed by atoms with E-state index in [9.17, 15) is 0 Å². The zero-order chi connectivity index (χ0) is 14.8. The Morgan fingerprint density at radius 1 is 1.33 bits per heavy atom. The van der Waals surface area contributed by atoms with Gasteiger partial charge in [-0.3, -0.25) is 0 Å². The molecule has 21 heavy (non-hydrogen) atoms. The molecule has 1 heterocycles. The molecule has 3 nitrogen and oxygen atoms in total. The molecule has 0 saturated heterocycles. The summed E-state index contributed by atoms with van der Waals surface area (Å²) in [5.74, 6) is 0. The molecule has 0 spiro atoms. The van der Waals surface area contributed by atoms with E-state index in [2.05, 4.69) is 36.3 Å². The highest BCUT2D eigenvalue weighted by atomic mass is 35.5. The number of halogens is 1. The van der Waals surface area contributed by atoms with Gasteiger partial charge >= 0.3 is 0 Å². The molecule has 1 fully saturated rings. The van der Waals surface area contributed by atoms with Crippen LogP contribution in [0, 0.1) is 6.92 Å². The van der Waals surface area contributed by atoms with Crippen molar-refractivity contribution >= 4 is 28.1 Å². The van der Waals surface area contributed by atoms with E-state index in [1.807, 2.05) is 12.1 Å². The van der Waals surface area contributed by atoms with Crippen molar-refractivity contribution in [3.63, 3.8) is 0 Å². The Labute approximate surface area is 135 Å². The predicted octanol–water partition coefficient (Wildman–Crippen LogP) is 3.99. The summed E-state index contributed by atoms with van der Waals surface area (Å²) in [6.07, 6.45) is 2.64. The molecule has 112 valence electrons. The Balaban J connectivity index is 1.64. The van der Waals surface area contributed by atoms with Gasteiger partial charge < -0.3 is 10.2 Å². The number of benzene rings is 1. The smallest absolute Gasteiger partial charge is 0.185 e. The minimum Gasteiger partial charge on any atom is -0.347 e. The van der Waals surface area contributed by atoms with Crippen LogP contribution in [0.15, 0.2) is 24.3 Å². The van der Waals surface area contributed by atoms with E-state index in [-0.39, 0.29) is 0 Å². The van der Waals surface area contributed by atoms with Crippen LogP contribution in [-0.2, 0) is 13.1 Å². The number of thiazole rings is 1. The zero-order valence-corrected chi connectivity index (χ0v) is 14.0. The lowest BCUT2D eigenvalue weighted by atomic mass is 10.2. The molecule has 1 aliphatic rings. The third-order valence-electron chi connectivity index (χ3n) is 3.67. The standard InChI is InChI=1S/C16H20ClN3S/c1-11-15(9-18-14-7-8-14)21-16(19-11)20(2)10-12-3-5-13(17)6-4-12/h3-6,14,18H,7-10H2,1-2H3. The van der Waals surface area contributed by atoms with Crippen LogP contribution in [0.2, 0.25) is 5.02 Å². The van der Waals surface area contributed by atoms with E-state index in [1.54, 1.807) is 11.3 Å². The maximum Gasteiger partial charge on any atom is 0.185 e. The van der Waals surface area contributed by atoms with Crippen molar-refractivity contribution in [3.8, 4) is 0 Å². The highest BCUT2D eigenvalue weighted by Crippen LogP contribution is 2.28. The number of hydrogen-bond acceptors (Lipinski definition) is 4. The first kappa shape index (κ1) is 14.8. The molecule has 0 atom stereocenters. The monoisotopic (exact) mass is 321 g/mol. The average molecular weight is 322 g/mol. The van der Waals surface area contributed by atoms with E-state index in [0.717, 1.165) is 35.0 Å². The first-order valence-corrected chi connectivity index (χ1v) is 8.46. The lowest BCUT2D eigenvalue weighted by Crippen LogP contribution is -2.16. The van der Waals surface area contributed by atoms with E-state index in [1.165, 1.54) is 23.3 Å². The van der Waals surface area contributed by atoms with Gasteiger partial charge in [-0.15, -0.1) is 11.3 Å². The summed E-state index contributed by atoms with van der Waals surface area (Å²) < 4.78 is 0. The first-order chi connectivity index (χ1) is 10.1. The molecule has 0 bridgehead atoms. The third-order valence-corrected chi connectivity index (χ3v) is 5.19. The number of nitrogens with zero attached hydrogens (tertiary/aromatic N) is 2. The molecule has 0 radical (unpaired) electrons. The summed E-state index contributed by atoms with van der Waals surface area (Å²) in [5.41, 5.74) is 2.39. The molecule has 3 rings (SSSR count). The highest BCUT2D eigenvalue weighted by Gasteiger charge is 2.21. The van der Waals surface area contributed by atoms with Crippen LogP contribution in [0.4, 0.5) is 5.13 Å². The van der Waals surface area contributed by atoms with Gasteiger partial charge in [0.2, 0.25) is 0 Å². The van der Waals surface area contributed by atoms with Crippen LogP contribution in [0.1, 0.15) is 29.0 Å². The topological polar surface area (TPSA) is 28.2 Å². The number of rotatable bonds is 6. The van der Waals surface area contributed by atoms with Gasteiger partial charge in [0, 0.05) is 36.1 Å². The lowest BCUT2D eigenvalue weighted by Gasteiger charge is -2.15. The number of aryl methyl sites for hydroxylation is 1. The molecule has 1 aliphatic carbocycles. The summed E-state index contributed by atoms with van der Waals surface area (Å²) in [7, 11) is 2.09. The highest BCUT2D eigenvalue weighted by molar-refractivity contribution is 7.15. The Hall–Kier alpha value is -1.10. The van der Waals surface area contributed by atoms with Crippen LogP contribution in [-0.4, -0.2) is 18.1 Å². The summed E-state index contributed by atoms with van der Waals surface area (Å²) in [6.45, 7) is 3.89. The maximum atomic E-state index is 5.92. The Morgan fingerprint density at radius 3 is 2.71 bits per heavy atom. The quantitative estimate of drug-likeness (QED) is 0.872. The van der Waals surface area contributed by atoms with E-state index < -0.39 is 0 Å². The largest absolute Gasteiger partial charge is 0.347 e. The Kier molecular flexibility index (Phi) is 4.48. The second-order valence-corrected chi connectivity index (χ2v) is 7.14. The molecule has 2 aromatic rings. The van der Waals surface area contributed by atoms with Crippen molar-refractivity contribution in [2.45, 2.75) is 38.9 Å². The van der Waals surface area contributed by atoms with E-state index >= 15 is 0 Å². The zero-order valence-electron chi connectivity index (χ0n) is 12.4. The summed E-state index contributed by atoms with van der Waals surface area (Å²) in [6, 6.07) is 8.73. The molecule has 5 heteroatoms. The normalized spacial score (nSPS) is 14.4. The lowest BCUT2D eigenvalue weighted by molar-refractivity contribution is 0.691. The van der Waals surface area contributed by atoms with Gasteiger partial charge in [-0.1, -0.05) is 23.7 Å². The number of aromatic nitrogens is 1. The van der Waals surface area contributed by atoms with Crippen LogP contribution in [0.25, 0.3) is 0 Å². The number of anilines is 1. The molecule has 1 N–H and O–H groups in total. The van der Waals surface area contributed by atoms with Crippen LogP contribution in [0.5, 0.6) is 0 Å². The number of nitrogens with one attached hydrogen (secondary N) is 1. The number of hydrogen-bond donors (Lipinski definition) is 1. The van der Waals surface area contributed by atoms with Crippen LogP contribution < -0.4 is 10.2 Å². The van der Waals surface area contributed by atoms with Crippen molar-refractivity contribution in [2.75, 3.05) is 11.9 Å². The van der Waals surface area contributed by atoms with Gasteiger partial charge in [0.25, 0.3) is 0 Å². The van der Waals surface area contributed by atoms with Gasteiger partial charge in [-0.2, -0.15) is 0 Å². The van der Waals surface area contributed by atoms with Crippen LogP contribution in [0.3, 0.4) is 0 Å². The first-order valence-electron chi connectivity index (χ1n) is 7.27. The van der Waals surface area contributed by atoms with E-state index in [4.69, 9.17) is 16.6 Å². The van der Waals surface area contributed by atoms with Crippen molar-refractivity contribution < 1.29 is 0 Å². The fourth-order valence-electron chi connectivity index (χ4n) is 2.20. The molecule has 1 aromatic heterocycles. The molecule has 0 amide bonds. The molecular weight excluding hydrogens is 302 g/mol. The van der Waals surface area contributed by atoms with Gasteiger partial charge in [0.15, 0.2) is 5.13 Å². The predicted molar refractivity (Wildman–Crippen MR) is 90.3 cm³/mol. The second-order valence-electron chi connectivity index (χ2n) is 5.64. The molecule has 0 unspecified atom stereocenters. The fraction of sp³-hybridized carbons (Fsp3) is 0.438. The van der Waals surface area contributed by atoms with Crippen molar-refractivity contribution in [1.29, 1.82) is 0 Å². The van der Waals surface area contributed by atoms with Gasteiger partial charge in [0.1, 0.15) is 0 Å². The third kappa shape index (κ3) is 3.96. The second kappa shape index (κ2) is 6.34. The van der Waals surface area contributed by atoms with Gasteiger partial charge in [-0.25, -0.2) is 4.98 Å². The molecule has 1 saturated carbocycles. The Bertz CT molecular complexity index is 604. The molecule has 0 aliphatic heterocycles. The van der Waals surface area contributed by atoms with Crippen LogP contribution >= 0.6 is 22.9 Å². The molecular formula is C16H20ClN3S. The average Bonchev–Trinajstić information content (AvgIpc) is 3.22. The van der Waals surface area contributed by atoms with Crippen molar-refractivity contribution in [2.24, 2.45) is 0 Å². The van der Waals surface area contributed by atoms with E-state index in [0.29, 0.717) is 0 Å². The van der Waals surface area contributed by atoms with Crippen molar-refractivity contribution in [1.82, 2.24) is 10.3 Å². The summed E-state index contributed by atoms with van der Waals surface area (Å²) >= 11 is 7.71. The molecule has 1 aromatic carbocycles. The summed E-state index contributed by atoms with van der Waals surface area (Å²) in [4.78, 5) is 8.24. The summed E-state index contributed by atoms with van der Waals surface area (Å²) in [5, 5.41) is 5.42. The SMILES string of the molecule is Cc1nc(N(C)Cc2ccc(Cl)cc2)sc1CNC1CC1. The van der Waals surface area contributed by atoms with Crippen molar-refractivity contribution in [3.05, 3.63) is 45.4 Å².